The van der Waals surface area contributed by atoms with E-state index in [1.807, 2.05) is 18.3 Å². The summed E-state index contributed by atoms with van der Waals surface area (Å²) in [7, 11) is 4.93. The van der Waals surface area contributed by atoms with Crippen LogP contribution < -0.4 is 24.8 Å². The molecule has 3 aromatic carbocycles. The molecule has 1 atom stereocenters. The van der Waals surface area contributed by atoms with Crippen LogP contribution in [0.15, 0.2) is 78.2 Å². The maximum Gasteiger partial charge on any atom is 0.272 e. The van der Waals surface area contributed by atoms with Gasteiger partial charge in [0.25, 0.3) is 5.91 Å². The molecule has 13 nitrogen and oxygen atoms in total. The molecule has 262 valence electrons. The van der Waals surface area contributed by atoms with Crippen LogP contribution in [0.3, 0.4) is 0 Å². The average Bonchev–Trinajstić information content (AvgIpc) is 3.68. The van der Waals surface area contributed by atoms with Crippen molar-refractivity contribution in [1.29, 1.82) is 0 Å². The van der Waals surface area contributed by atoms with Gasteiger partial charge in [0.15, 0.2) is 11.5 Å². The number of nitrogens with one attached hydrogen (secondary N) is 2. The summed E-state index contributed by atoms with van der Waals surface area (Å²) < 4.78 is 20.6. The largest absolute Gasteiger partial charge is 0.494 e. The normalized spacial score (nSPS) is 14.9. The Bertz CT molecular complexity index is 2120. The number of rotatable bonds is 11. The lowest BCUT2D eigenvalue weighted by molar-refractivity contribution is -0.116. The first-order chi connectivity index (χ1) is 24.8. The highest BCUT2D eigenvalue weighted by Gasteiger charge is 2.28. The summed E-state index contributed by atoms with van der Waals surface area (Å²) in [4.78, 5) is 37.4. The fourth-order valence-corrected chi connectivity index (χ4v) is 6.52. The summed E-state index contributed by atoms with van der Waals surface area (Å²) in [5.74, 6) is 1.87. The molecule has 2 aliphatic rings. The third kappa shape index (κ3) is 7.33. The van der Waals surface area contributed by atoms with Gasteiger partial charge in [0.05, 0.1) is 32.2 Å². The molecule has 5 aromatic rings. The highest BCUT2D eigenvalue weighted by Crippen LogP contribution is 2.38. The quantitative estimate of drug-likeness (QED) is 0.171. The molecule has 0 spiro atoms. The lowest BCUT2D eigenvalue weighted by Gasteiger charge is -2.34. The number of aromatic nitrogens is 4. The van der Waals surface area contributed by atoms with Crippen LogP contribution in [0, 0.1) is 6.92 Å². The van der Waals surface area contributed by atoms with E-state index in [9.17, 15) is 9.59 Å². The summed E-state index contributed by atoms with van der Waals surface area (Å²) in [6.07, 6.45) is 6.99. The van der Waals surface area contributed by atoms with E-state index < -0.39 is 0 Å². The second-order valence-electron chi connectivity index (χ2n) is 12.7. The molecule has 0 bridgehead atoms. The Morgan fingerprint density at radius 2 is 1.71 bits per heavy atom. The van der Waals surface area contributed by atoms with Gasteiger partial charge in [-0.3, -0.25) is 19.5 Å². The monoisotopic (exact) mass is 688 g/mol. The van der Waals surface area contributed by atoms with Crippen molar-refractivity contribution in [2.75, 3.05) is 31.5 Å². The van der Waals surface area contributed by atoms with Crippen molar-refractivity contribution in [2.45, 2.75) is 45.3 Å². The molecule has 4 heterocycles. The Morgan fingerprint density at radius 1 is 0.902 bits per heavy atom. The van der Waals surface area contributed by atoms with Gasteiger partial charge in [-0.1, -0.05) is 24.3 Å². The molecular weight excluding hydrogens is 648 g/mol. The highest BCUT2D eigenvalue weighted by atomic mass is 16.5. The van der Waals surface area contributed by atoms with Gasteiger partial charge >= 0.3 is 0 Å². The SMILES string of the molecule is COc1cc2c(cc1OCCCC(=O)Nc1cc(C(=O)Nc3ccc(-n4cnc(C)n4)c(OC)c3)n(C)c1)N=C[C@@H]1Cc3ccccc3CN1C2. The summed E-state index contributed by atoms with van der Waals surface area (Å²) in [5, 5.41) is 10.1. The number of ether oxygens (including phenoxy) is 3. The van der Waals surface area contributed by atoms with Crippen LogP contribution >= 0.6 is 0 Å². The van der Waals surface area contributed by atoms with Crippen molar-refractivity contribution in [1.82, 2.24) is 24.2 Å². The second-order valence-corrected chi connectivity index (χ2v) is 12.7. The van der Waals surface area contributed by atoms with Crippen LogP contribution in [-0.2, 0) is 31.4 Å². The molecule has 0 aliphatic carbocycles. The van der Waals surface area contributed by atoms with E-state index in [1.165, 1.54) is 11.1 Å². The average molecular weight is 689 g/mol. The number of hydrogen-bond donors (Lipinski definition) is 2. The highest BCUT2D eigenvalue weighted by molar-refractivity contribution is 6.04. The summed E-state index contributed by atoms with van der Waals surface area (Å²) >= 11 is 0. The number of fused-ring (bicyclic) bond motifs is 3. The smallest absolute Gasteiger partial charge is 0.272 e. The molecule has 2 amide bonds. The summed E-state index contributed by atoms with van der Waals surface area (Å²) in [6, 6.07) is 19.7. The van der Waals surface area contributed by atoms with Gasteiger partial charge in [0.1, 0.15) is 29.3 Å². The van der Waals surface area contributed by atoms with E-state index in [2.05, 4.69) is 49.9 Å². The van der Waals surface area contributed by atoms with E-state index in [4.69, 9.17) is 19.2 Å². The molecule has 0 saturated heterocycles. The van der Waals surface area contributed by atoms with Gasteiger partial charge in [-0.15, -0.1) is 0 Å². The van der Waals surface area contributed by atoms with Crippen molar-refractivity contribution in [3.8, 4) is 22.9 Å². The molecule has 0 unspecified atom stereocenters. The topological polar surface area (TPSA) is 137 Å². The van der Waals surface area contributed by atoms with Gasteiger partial charge in [0, 0.05) is 62.8 Å². The van der Waals surface area contributed by atoms with Gasteiger partial charge in [-0.2, -0.15) is 5.10 Å². The summed E-state index contributed by atoms with van der Waals surface area (Å²) in [6.45, 7) is 3.76. The number of aliphatic imine (C=N–C) groups is 1. The Morgan fingerprint density at radius 3 is 2.49 bits per heavy atom. The minimum absolute atomic E-state index is 0.184. The van der Waals surface area contributed by atoms with Crippen LogP contribution in [0.1, 0.15) is 45.8 Å². The molecule has 51 heavy (non-hydrogen) atoms. The van der Waals surface area contributed by atoms with E-state index in [-0.39, 0.29) is 24.3 Å². The number of carbonyl (C=O) groups is 2. The van der Waals surface area contributed by atoms with Gasteiger partial charge < -0.3 is 29.4 Å². The maximum absolute atomic E-state index is 13.2. The lowest BCUT2D eigenvalue weighted by Crippen LogP contribution is -2.40. The number of aryl methyl sites for hydroxylation is 2. The number of carbonyl (C=O) groups excluding carboxylic acids is 2. The number of anilines is 2. The number of methoxy groups -OCH3 is 2. The van der Waals surface area contributed by atoms with Gasteiger partial charge in [-0.05, 0) is 60.7 Å². The fraction of sp³-hybridized carbons (Fsp3) is 0.289. The predicted molar refractivity (Wildman–Crippen MR) is 194 cm³/mol. The third-order valence-electron chi connectivity index (χ3n) is 9.13. The molecule has 7 rings (SSSR count). The zero-order valence-electron chi connectivity index (χ0n) is 29.1. The van der Waals surface area contributed by atoms with Crippen LogP contribution in [0.2, 0.25) is 0 Å². The van der Waals surface area contributed by atoms with Crippen LogP contribution in [0.5, 0.6) is 17.2 Å². The summed E-state index contributed by atoms with van der Waals surface area (Å²) in [5.41, 5.74) is 6.82. The molecular formula is C38H40N8O5. The zero-order chi connectivity index (χ0) is 35.5. The minimum Gasteiger partial charge on any atom is -0.494 e. The van der Waals surface area contributed by atoms with Gasteiger partial charge in [-0.25, -0.2) is 9.67 Å². The number of nitrogens with zero attached hydrogens (tertiary/aromatic N) is 6. The second kappa shape index (κ2) is 14.5. The Balaban J connectivity index is 0.920. The van der Waals surface area contributed by atoms with E-state index in [1.54, 1.807) is 74.2 Å². The first-order valence-electron chi connectivity index (χ1n) is 16.8. The molecule has 0 fully saturated rings. The molecule has 0 saturated carbocycles. The molecule has 2 aromatic heterocycles. The number of amides is 2. The number of benzene rings is 3. The molecule has 2 N–H and O–H groups in total. The van der Waals surface area contributed by atoms with E-state index in [0.29, 0.717) is 58.9 Å². The Labute approximate surface area is 295 Å². The predicted octanol–water partition coefficient (Wildman–Crippen LogP) is 5.62. The zero-order valence-corrected chi connectivity index (χ0v) is 29.1. The van der Waals surface area contributed by atoms with Crippen LogP contribution in [0.4, 0.5) is 17.1 Å². The first kappa shape index (κ1) is 33.5. The van der Waals surface area contributed by atoms with Crippen molar-refractivity contribution < 1.29 is 23.8 Å². The lowest BCUT2D eigenvalue weighted by atomic mass is 9.94. The molecule has 13 heteroatoms. The molecule has 2 aliphatic heterocycles. The minimum atomic E-state index is -0.335. The van der Waals surface area contributed by atoms with E-state index >= 15 is 0 Å². The Hall–Kier alpha value is -5.95. The fourth-order valence-electron chi connectivity index (χ4n) is 6.52. The first-order valence-corrected chi connectivity index (χ1v) is 16.8. The van der Waals surface area contributed by atoms with Crippen molar-refractivity contribution in [3.05, 3.63) is 101 Å². The van der Waals surface area contributed by atoms with Gasteiger partial charge in [0.2, 0.25) is 5.91 Å². The molecule has 0 radical (unpaired) electrons. The van der Waals surface area contributed by atoms with Crippen molar-refractivity contribution in [2.24, 2.45) is 12.0 Å². The third-order valence-corrected chi connectivity index (χ3v) is 9.13. The number of hydrogen-bond acceptors (Lipinski definition) is 9. The van der Waals surface area contributed by atoms with Crippen LogP contribution in [-0.4, -0.2) is 69.1 Å². The van der Waals surface area contributed by atoms with E-state index in [0.717, 1.165) is 30.8 Å². The Kier molecular flexibility index (Phi) is 9.53. The maximum atomic E-state index is 13.2. The standard InChI is InChI=1S/C38H40N8O5/c1-24-40-23-46(43-24)32-12-11-28(17-34(32)49-3)42-38(48)33-16-29(22-44(33)2)41-37(47)10-7-13-51-36-18-31-27(15-35(36)50-4)21-45-20-26-9-6-5-8-25(26)14-30(45)19-39-31/h5-6,8-9,11-12,15-19,22-23,30H,7,10,13-14,20-21H2,1-4H3,(H,41,47)(H,42,48)/t30-/m0/s1. The van der Waals surface area contributed by atoms with Crippen LogP contribution in [0.25, 0.3) is 5.69 Å². The van der Waals surface area contributed by atoms with Crippen molar-refractivity contribution >= 4 is 35.1 Å². The van der Waals surface area contributed by atoms with Crippen molar-refractivity contribution in [3.63, 3.8) is 0 Å².